The SMILES string of the molecule is COc1ccc2ccccc2c1/C=N\S(=O)(=O)c1ccccc1. The van der Waals surface area contributed by atoms with Gasteiger partial charge in [-0.1, -0.05) is 48.5 Å². The number of ether oxygens (including phenoxy) is 1. The van der Waals surface area contributed by atoms with Crippen molar-refractivity contribution in [3.8, 4) is 5.75 Å². The summed E-state index contributed by atoms with van der Waals surface area (Å²) in [5.41, 5.74) is 0.644. The number of hydrogen-bond acceptors (Lipinski definition) is 3. The molecule has 0 aliphatic heterocycles. The third kappa shape index (κ3) is 3.10. The molecule has 0 spiro atoms. The van der Waals surface area contributed by atoms with Crippen LogP contribution in [0, 0.1) is 0 Å². The molecular weight excluding hydrogens is 310 g/mol. The van der Waals surface area contributed by atoms with E-state index in [1.807, 2.05) is 30.3 Å². The standard InChI is InChI=1S/C18H15NO3S/c1-22-18-12-11-14-7-5-6-10-16(14)17(18)13-19-23(20,21)15-8-3-2-4-9-15/h2-13H,1H3/b19-13-. The molecule has 3 aromatic rings. The average molecular weight is 325 g/mol. The van der Waals surface area contributed by atoms with Gasteiger partial charge >= 0.3 is 0 Å². The van der Waals surface area contributed by atoms with Crippen LogP contribution in [0.3, 0.4) is 0 Å². The van der Waals surface area contributed by atoms with Crippen LogP contribution in [0.1, 0.15) is 5.56 Å². The second-order valence-electron chi connectivity index (χ2n) is 4.93. The maximum absolute atomic E-state index is 12.3. The Kier molecular flexibility index (Phi) is 4.12. The number of methoxy groups -OCH3 is 1. The molecule has 0 aliphatic carbocycles. The maximum Gasteiger partial charge on any atom is 0.282 e. The lowest BCUT2D eigenvalue weighted by Crippen LogP contribution is -1.99. The van der Waals surface area contributed by atoms with E-state index in [4.69, 9.17) is 4.74 Å². The smallest absolute Gasteiger partial charge is 0.282 e. The van der Waals surface area contributed by atoms with Gasteiger partial charge in [0.2, 0.25) is 0 Å². The number of benzene rings is 3. The Morgan fingerprint density at radius 2 is 1.61 bits per heavy atom. The summed E-state index contributed by atoms with van der Waals surface area (Å²) < 4.78 is 33.8. The summed E-state index contributed by atoms with van der Waals surface area (Å²) >= 11 is 0. The van der Waals surface area contributed by atoms with Gasteiger partial charge in [0, 0.05) is 5.56 Å². The van der Waals surface area contributed by atoms with Crippen molar-refractivity contribution in [3.63, 3.8) is 0 Å². The number of fused-ring (bicyclic) bond motifs is 1. The van der Waals surface area contributed by atoms with Gasteiger partial charge in [-0.3, -0.25) is 0 Å². The third-order valence-electron chi connectivity index (χ3n) is 3.51. The number of sulfonamides is 1. The molecule has 0 amide bonds. The van der Waals surface area contributed by atoms with Crippen LogP contribution in [0.5, 0.6) is 5.75 Å². The fourth-order valence-corrected chi connectivity index (χ4v) is 3.23. The summed E-state index contributed by atoms with van der Waals surface area (Å²) in [5, 5.41) is 1.88. The first kappa shape index (κ1) is 15.2. The fourth-order valence-electron chi connectivity index (χ4n) is 2.36. The van der Waals surface area contributed by atoms with Gasteiger partial charge in [0.1, 0.15) is 5.75 Å². The molecule has 0 atom stereocenters. The van der Waals surface area contributed by atoms with Crippen LogP contribution in [0.2, 0.25) is 0 Å². The van der Waals surface area contributed by atoms with Gasteiger partial charge in [0.25, 0.3) is 10.0 Å². The van der Waals surface area contributed by atoms with Gasteiger partial charge in [-0.2, -0.15) is 12.8 Å². The monoisotopic (exact) mass is 325 g/mol. The summed E-state index contributed by atoms with van der Waals surface area (Å²) in [4.78, 5) is 0.162. The molecule has 0 unspecified atom stereocenters. The summed E-state index contributed by atoms with van der Waals surface area (Å²) in [6.07, 6.45) is 1.35. The summed E-state index contributed by atoms with van der Waals surface area (Å²) in [6.45, 7) is 0. The molecule has 3 rings (SSSR count). The molecule has 0 fully saturated rings. The molecule has 5 heteroatoms. The molecule has 0 bridgehead atoms. The fraction of sp³-hybridized carbons (Fsp3) is 0.0556. The number of hydrogen-bond donors (Lipinski definition) is 0. The van der Waals surface area contributed by atoms with Crippen LogP contribution in [0.15, 0.2) is 76.0 Å². The molecular formula is C18H15NO3S. The Hall–Kier alpha value is -2.66. The molecule has 0 saturated carbocycles. The molecule has 0 radical (unpaired) electrons. The lowest BCUT2D eigenvalue weighted by Gasteiger charge is -2.08. The molecule has 0 aliphatic rings. The van der Waals surface area contributed by atoms with Crippen molar-refractivity contribution in [1.29, 1.82) is 0 Å². The molecule has 0 saturated heterocycles. The normalized spacial score (nSPS) is 11.9. The van der Waals surface area contributed by atoms with Gasteiger partial charge in [0.15, 0.2) is 0 Å². The van der Waals surface area contributed by atoms with Crippen LogP contribution >= 0.6 is 0 Å². The highest BCUT2D eigenvalue weighted by molar-refractivity contribution is 7.90. The van der Waals surface area contributed by atoms with Crippen molar-refractivity contribution in [2.45, 2.75) is 4.90 Å². The maximum atomic E-state index is 12.3. The first-order chi connectivity index (χ1) is 11.1. The van der Waals surface area contributed by atoms with Crippen molar-refractivity contribution in [2.75, 3.05) is 7.11 Å². The topological polar surface area (TPSA) is 55.7 Å². The lowest BCUT2D eigenvalue weighted by atomic mass is 10.0. The quantitative estimate of drug-likeness (QED) is 0.688. The average Bonchev–Trinajstić information content (AvgIpc) is 2.60. The van der Waals surface area contributed by atoms with E-state index in [9.17, 15) is 8.42 Å². The van der Waals surface area contributed by atoms with Crippen LogP contribution in [-0.2, 0) is 10.0 Å². The van der Waals surface area contributed by atoms with Crippen LogP contribution in [-0.4, -0.2) is 21.7 Å². The van der Waals surface area contributed by atoms with E-state index in [1.165, 1.54) is 18.3 Å². The largest absolute Gasteiger partial charge is 0.496 e. The van der Waals surface area contributed by atoms with E-state index in [0.717, 1.165) is 10.8 Å². The highest BCUT2D eigenvalue weighted by Crippen LogP contribution is 2.26. The van der Waals surface area contributed by atoms with Gasteiger partial charge in [-0.05, 0) is 29.0 Å². The van der Waals surface area contributed by atoms with Crippen LogP contribution in [0.4, 0.5) is 0 Å². The summed E-state index contributed by atoms with van der Waals surface area (Å²) in [5.74, 6) is 0.579. The Balaban J connectivity index is 2.11. The summed E-state index contributed by atoms with van der Waals surface area (Å²) in [6, 6.07) is 19.6. The number of rotatable bonds is 4. The zero-order chi connectivity index (χ0) is 16.3. The predicted molar refractivity (Wildman–Crippen MR) is 91.7 cm³/mol. The van der Waals surface area contributed by atoms with Gasteiger partial charge in [-0.15, -0.1) is 0 Å². The van der Waals surface area contributed by atoms with E-state index in [1.54, 1.807) is 31.4 Å². The van der Waals surface area contributed by atoms with E-state index in [-0.39, 0.29) is 4.90 Å². The highest BCUT2D eigenvalue weighted by Gasteiger charge is 2.12. The third-order valence-corrected chi connectivity index (χ3v) is 4.76. The zero-order valence-electron chi connectivity index (χ0n) is 12.5. The van der Waals surface area contributed by atoms with Crippen LogP contribution in [0.25, 0.3) is 10.8 Å². The second-order valence-corrected chi connectivity index (χ2v) is 6.56. The van der Waals surface area contributed by atoms with E-state index in [0.29, 0.717) is 11.3 Å². The molecule has 0 heterocycles. The van der Waals surface area contributed by atoms with Gasteiger partial charge < -0.3 is 4.74 Å². The highest BCUT2D eigenvalue weighted by atomic mass is 32.2. The Morgan fingerprint density at radius 1 is 0.913 bits per heavy atom. The minimum atomic E-state index is -3.74. The molecule has 3 aromatic carbocycles. The van der Waals surface area contributed by atoms with E-state index < -0.39 is 10.0 Å². The Morgan fingerprint density at radius 3 is 2.35 bits per heavy atom. The molecule has 116 valence electrons. The first-order valence-corrected chi connectivity index (χ1v) is 8.47. The van der Waals surface area contributed by atoms with Crippen molar-refractivity contribution in [1.82, 2.24) is 0 Å². The van der Waals surface area contributed by atoms with Crippen molar-refractivity contribution < 1.29 is 13.2 Å². The number of nitrogens with zero attached hydrogens (tertiary/aromatic N) is 1. The predicted octanol–water partition coefficient (Wildman–Crippen LogP) is 3.66. The second kappa shape index (κ2) is 6.22. The van der Waals surface area contributed by atoms with Gasteiger partial charge in [0.05, 0.1) is 18.2 Å². The Labute approximate surface area is 135 Å². The molecule has 0 N–H and O–H groups in total. The van der Waals surface area contributed by atoms with Gasteiger partial charge in [-0.25, -0.2) is 0 Å². The first-order valence-electron chi connectivity index (χ1n) is 7.03. The minimum Gasteiger partial charge on any atom is -0.496 e. The van der Waals surface area contributed by atoms with Crippen molar-refractivity contribution in [3.05, 3.63) is 72.3 Å². The minimum absolute atomic E-state index is 0.162. The molecule has 0 aromatic heterocycles. The van der Waals surface area contributed by atoms with E-state index in [2.05, 4.69) is 4.40 Å². The Bertz CT molecular complexity index is 964. The molecule has 4 nitrogen and oxygen atoms in total. The zero-order valence-corrected chi connectivity index (χ0v) is 13.3. The van der Waals surface area contributed by atoms with Crippen molar-refractivity contribution in [2.24, 2.45) is 4.40 Å². The van der Waals surface area contributed by atoms with Crippen LogP contribution < -0.4 is 4.74 Å². The van der Waals surface area contributed by atoms with Crippen molar-refractivity contribution >= 4 is 27.0 Å². The summed E-state index contributed by atoms with van der Waals surface area (Å²) in [7, 11) is -2.19. The molecule has 23 heavy (non-hydrogen) atoms. The van der Waals surface area contributed by atoms with E-state index >= 15 is 0 Å². The lowest BCUT2D eigenvalue weighted by molar-refractivity contribution is 0.415.